The van der Waals surface area contributed by atoms with Gasteiger partial charge >= 0.3 is 0 Å². The molecule has 2 N–H and O–H groups in total. The van der Waals surface area contributed by atoms with Crippen LogP contribution in [-0.2, 0) is 6.42 Å². The summed E-state index contributed by atoms with van der Waals surface area (Å²) in [5.74, 6) is -0.0625. The number of hydrogen-bond acceptors (Lipinski definition) is 6. The van der Waals surface area contributed by atoms with E-state index in [1.807, 2.05) is 13.0 Å². The van der Waals surface area contributed by atoms with Crippen molar-refractivity contribution >= 4 is 40.4 Å². The smallest absolute Gasteiger partial charge is 0.286 e. The van der Waals surface area contributed by atoms with Crippen molar-refractivity contribution in [3.63, 3.8) is 0 Å². The van der Waals surface area contributed by atoms with Gasteiger partial charge in [-0.25, -0.2) is 0 Å². The Bertz CT molecular complexity index is 910. The largest absolute Gasteiger partial charge is 0.469 e. The molecular weight excluding hydrogens is 376 g/mol. The molecule has 0 aliphatic rings. The van der Waals surface area contributed by atoms with E-state index in [4.69, 9.17) is 16.0 Å². The number of aromatic nitrogens is 2. The second-order valence-corrected chi connectivity index (χ2v) is 6.95. The van der Waals surface area contributed by atoms with Gasteiger partial charge in [0.25, 0.3) is 11.8 Å². The summed E-state index contributed by atoms with van der Waals surface area (Å²) in [6, 6.07) is 10.2. The fourth-order valence-corrected chi connectivity index (χ4v) is 3.06. The molecule has 9 heteroatoms. The van der Waals surface area contributed by atoms with Crippen LogP contribution in [0, 0.1) is 0 Å². The first-order chi connectivity index (χ1) is 12.5. The van der Waals surface area contributed by atoms with Gasteiger partial charge in [-0.05, 0) is 37.3 Å². The molecule has 26 heavy (non-hydrogen) atoms. The Kier molecular flexibility index (Phi) is 5.65. The maximum atomic E-state index is 12.2. The van der Waals surface area contributed by atoms with E-state index in [0.29, 0.717) is 17.1 Å². The average molecular weight is 391 g/mol. The maximum Gasteiger partial charge on any atom is 0.286 e. The minimum atomic E-state index is -0.451. The van der Waals surface area contributed by atoms with Gasteiger partial charge in [0.05, 0.1) is 6.26 Å². The highest BCUT2D eigenvalue weighted by Crippen LogP contribution is 2.17. The number of furan rings is 1. The molecule has 0 aliphatic carbocycles. The van der Waals surface area contributed by atoms with Crippen LogP contribution in [0.3, 0.4) is 0 Å². The van der Waals surface area contributed by atoms with Crippen LogP contribution in [0.25, 0.3) is 0 Å². The van der Waals surface area contributed by atoms with Crippen molar-refractivity contribution < 1.29 is 14.0 Å². The summed E-state index contributed by atoms with van der Waals surface area (Å²) in [6.07, 6.45) is 2.14. The standard InChI is InChI=1S/C17H15ClN4O3S/c1-10(8-13-6-3-7-25-13)19-14(23)16-21-22-17(26-16)15(24)20-12-5-2-4-11(18)9-12/h2-7,9-10H,8H2,1H3,(H,19,23)(H,20,24). The predicted octanol–water partition coefficient (Wildman–Crippen LogP) is 3.40. The van der Waals surface area contributed by atoms with Crippen LogP contribution in [0.4, 0.5) is 5.69 Å². The van der Waals surface area contributed by atoms with Gasteiger partial charge in [-0.2, -0.15) is 0 Å². The second-order valence-electron chi connectivity index (χ2n) is 5.53. The Morgan fingerprint density at radius 1 is 1.19 bits per heavy atom. The summed E-state index contributed by atoms with van der Waals surface area (Å²) in [7, 11) is 0. The number of amides is 2. The number of carbonyl (C=O) groups is 2. The van der Waals surface area contributed by atoms with Crippen LogP contribution in [0.2, 0.25) is 5.02 Å². The van der Waals surface area contributed by atoms with E-state index >= 15 is 0 Å². The second kappa shape index (κ2) is 8.11. The van der Waals surface area contributed by atoms with E-state index in [0.717, 1.165) is 17.1 Å². The summed E-state index contributed by atoms with van der Waals surface area (Å²) in [5.41, 5.74) is 0.538. The Morgan fingerprint density at radius 2 is 1.96 bits per heavy atom. The van der Waals surface area contributed by atoms with Crippen molar-refractivity contribution in [3.05, 3.63) is 63.5 Å². The van der Waals surface area contributed by atoms with Gasteiger partial charge in [-0.15, -0.1) is 10.2 Å². The van der Waals surface area contributed by atoms with Gasteiger partial charge in [0, 0.05) is 23.2 Å². The lowest BCUT2D eigenvalue weighted by Gasteiger charge is -2.10. The van der Waals surface area contributed by atoms with Crippen molar-refractivity contribution in [2.75, 3.05) is 5.32 Å². The first kappa shape index (κ1) is 18.1. The van der Waals surface area contributed by atoms with Crippen LogP contribution in [0.1, 0.15) is 32.3 Å². The molecule has 134 valence electrons. The summed E-state index contributed by atoms with van der Waals surface area (Å²) < 4.78 is 5.25. The molecule has 7 nitrogen and oxygen atoms in total. The molecule has 2 heterocycles. The molecule has 3 rings (SSSR count). The summed E-state index contributed by atoms with van der Waals surface area (Å²) >= 11 is 6.80. The summed E-state index contributed by atoms with van der Waals surface area (Å²) in [4.78, 5) is 24.4. The Hall–Kier alpha value is -2.71. The summed E-state index contributed by atoms with van der Waals surface area (Å²) in [6.45, 7) is 1.86. The molecule has 3 aromatic rings. The molecular formula is C17H15ClN4O3S. The van der Waals surface area contributed by atoms with Gasteiger partial charge in [0.15, 0.2) is 0 Å². The fourth-order valence-electron chi connectivity index (χ4n) is 2.22. The van der Waals surface area contributed by atoms with Gasteiger partial charge in [0.2, 0.25) is 10.0 Å². The molecule has 1 unspecified atom stereocenters. The molecule has 0 saturated heterocycles. The highest BCUT2D eigenvalue weighted by Gasteiger charge is 2.19. The van der Waals surface area contributed by atoms with Gasteiger partial charge < -0.3 is 15.1 Å². The van der Waals surface area contributed by atoms with E-state index in [1.54, 1.807) is 36.6 Å². The Labute approximate surface area is 158 Å². The van der Waals surface area contributed by atoms with Crippen LogP contribution in [-0.4, -0.2) is 28.1 Å². The minimum Gasteiger partial charge on any atom is -0.469 e. The summed E-state index contributed by atoms with van der Waals surface area (Å²) in [5, 5.41) is 13.8. The van der Waals surface area contributed by atoms with E-state index < -0.39 is 5.91 Å². The molecule has 1 aromatic carbocycles. The zero-order valence-electron chi connectivity index (χ0n) is 13.7. The molecule has 0 bridgehead atoms. The third kappa shape index (κ3) is 4.68. The number of benzene rings is 1. The fraction of sp³-hybridized carbons (Fsp3) is 0.176. The number of nitrogens with one attached hydrogen (secondary N) is 2. The maximum absolute atomic E-state index is 12.2. The zero-order valence-corrected chi connectivity index (χ0v) is 15.3. The minimum absolute atomic E-state index is 0.0915. The zero-order chi connectivity index (χ0) is 18.5. The van der Waals surface area contributed by atoms with E-state index in [2.05, 4.69) is 20.8 Å². The van der Waals surface area contributed by atoms with E-state index in [1.165, 1.54) is 0 Å². The Morgan fingerprint density at radius 3 is 2.65 bits per heavy atom. The molecule has 0 saturated carbocycles. The van der Waals surface area contributed by atoms with Gasteiger partial charge in [-0.1, -0.05) is 29.0 Å². The lowest BCUT2D eigenvalue weighted by atomic mass is 10.2. The number of halogens is 1. The van der Waals surface area contributed by atoms with Crippen LogP contribution >= 0.6 is 22.9 Å². The van der Waals surface area contributed by atoms with Crippen LogP contribution in [0.5, 0.6) is 0 Å². The lowest BCUT2D eigenvalue weighted by molar-refractivity contribution is 0.0937. The van der Waals surface area contributed by atoms with Crippen LogP contribution < -0.4 is 10.6 Å². The lowest BCUT2D eigenvalue weighted by Crippen LogP contribution is -2.33. The quantitative estimate of drug-likeness (QED) is 0.672. The molecule has 2 aromatic heterocycles. The molecule has 1 atom stereocenters. The van der Waals surface area contributed by atoms with Crippen LogP contribution in [0.15, 0.2) is 47.1 Å². The van der Waals surface area contributed by atoms with Crippen molar-refractivity contribution in [3.8, 4) is 0 Å². The predicted molar refractivity (Wildman–Crippen MR) is 98.7 cm³/mol. The number of carbonyl (C=O) groups excluding carboxylic acids is 2. The number of anilines is 1. The molecule has 0 spiro atoms. The molecule has 0 radical (unpaired) electrons. The first-order valence-corrected chi connectivity index (χ1v) is 8.94. The molecule has 2 amide bonds. The van der Waals surface area contributed by atoms with Gasteiger partial charge in [0.1, 0.15) is 5.76 Å². The first-order valence-electron chi connectivity index (χ1n) is 7.75. The van der Waals surface area contributed by atoms with Crippen molar-refractivity contribution in [1.29, 1.82) is 0 Å². The average Bonchev–Trinajstić information content (AvgIpc) is 3.26. The molecule has 0 aliphatic heterocycles. The van der Waals surface area contributed by atoms with Crippen molar-refractivity contribution in [2.24, 2.45) is 0 Å². The highest BCUT2D eigenvalue weighted by atomic mass is 35.5. The monoisotopic (exact) mass is 390 g/mol. The number of rotatable bonds is 6. The third-order valence-corrected chi connectivity index (χ3v) is 4.52. The van der Waals surface area contributed by atoms with E-state index in [-0.39, 0.29) is 22.0 Å². The topological polar surface area (TPSA) is 97.1 Å². The van der Waals surface area contributed by atoms with Crippen molar-refractivity contribution in [2.45, 2.75) is 19.4 Å². The Balaban J connectivity index is 1.59. The van der Waals surface area contributed by atoms with Crippen molar-refractivity contribution in [1.82, 2.24) is 15.5 Å². The van der Waals surface area contributed by atoms with E-state index in [9.17, 15) is 9.59 Å². The molecule has 0 fully saturated rings. The number of nitrogens with zero attached hydrogens (tertiary/aromatic N) is 2. The SMILES string of the molecule is CC(Cc1ccco1)NC(=O)c1nnc(C(=O)Nc2cccc(Cl)c2)s1. The van der Waals surface area contributed by atoms with Gasteiger partial charge in [-0.3, -0.25) is 9.59 Å². The highest BCUT2D eigenvalue weighted by molar-refractivity contribution is 7.15. The number of hydrogen-bond donors (Lipinski definition) is 2. The third-order valence-electron chi connectivity index (χ3n) is 3.36. The normalized spacial score (nSPS) is 11.8.